The summed E-state index contributed by atoms with van der Waals surface area (Å²) in [7, 11) is -2.48. The highest BCUT2D eigenvalue weighted by Gasteiger charge is 2.30. The van der Waals surface area contributed by atoms with Crippen molar-refractivity contribution in [1.29, 1.82) is 0 Å². The molecule has 7 nitrogen and oxygen atoms in total. The first-order valence-corrected chi connectivity index (χ1v) is 14.1. The van der Waals surface area contributed by atoms with Crippen LogP contribution in [0.3, 0.4) is 0 Å². The Labute approximate surface area is 224 Å². The predicted octanol–water partition coefficient (Wildman–Crippen LogP) is 4.29. The van der Waals surface area contributed by atoms with Gasteiger partial charge in [-0.05, 0) is 36.2 Å². The van der Waals surface area contributed by atoms with Gasteiger partial charge in [0.1, 0.15) is 5.75 Å². The summed E-state index contributed by atoms with van der Waals surface area (Å²) >= 11 is 6.19. The zero-order chi connectivity index (χ0) is 26.4. The number of halogens is 1. The van der Waals surface area contributed by atoms with Gasteiger partial charge >= 0.3 is 0 Å². The predicted molar refractivity (Wildman–Crippen MR) is 145 cm³/mol. The number of likely N-dealkylation sites (N-methyl/N-ethyl adjacent to an activating group) is 1. The van der Waals surface area contributed by atoms with Gasteiger partial charge in [-0.15, -0.1) is 0 Å². The van der Waals surface area contributed by atoms with Gasteiger partial charge in [-0.1, -0.05) is 72.3 Å². The van der Waals surface area contributed by atoms with Crippen molar-refractivity contribution in [2.75, 3.05) is 46.4 Å². The van der Waals surface area contributed by atoms with Gasteiger partial charge in [0.15, 0.2) is 0 Å². The number of ether oxygens (including phenoxy) is 1. The van der Waals surface area contributed by atoms with Gasteiger partial charge in [-0.25, -0.2) is 8.42 Å². The van der Waals surface area contributed by atoms with Gasteiger partial charge in [0, 0.05) is 33.2 Å². The molecule has 0 atom stereocenters. The Kier molecular flexibility index (Phi) is 8.87. The fourth-order valence-electron chi connectivity index (χ4n) is 4.58. The molecule has 0 saturated carbocycles. The lowest BCUT2D eigenvalue weighted by Crippen LogP contribution is -2.52. The Morgan fingerprint density at radius 1 is 0.946 bits per heavy atom. The third-order valence-electron chi connectivity index (χ3n) is 6.53. The van der Waals surface area contributed by atoms with E-state index in [1.165, 1.54) is 36.4 Å². The van der Waals surface area contributed by atoms with Crippen molar-refractivity contribution in [1.82, 2.24) is 14.1 Å². The molecule has 0 spiro atoms. The fraction of sp³-hybridized carbons (Fsp3) is 0.321. The van der Waals surface area contributed by atoms with E-state index < -0.39 is 10.0 Å². The average Bonchev–Trinajstić information content (AvgIpc) is 2.91. The Morgan fingerprint density at radius 3 is 2.03 bits per heavy atom. The van der Waals surface area contributed by atoms with Crippen molar-refractivity contribution in [2.45, 2.75) is 17.9 Å². The third kappa shape index (κ3) is 6.33. The highest BCUT2D eigenvalue weighted by molar-refractivity contribution is 7.89. The summed E-state index contributed by atoms with van der Waals surface area (Å²) in [6.45, 7) is 4.43. The quantitative estimate of drug-likeness (QED) is 0.404. The van der Waals surface area contributed by atoms with Crippen molar-refractivity contribution >= 4 is 27.5 Å². The molecular weight excluding hydrogens is 510 g/mol. The first kappa shape index (κ1) is 27.1. The molecule has 0 aromatic heterocycles. The van der Waals surface area contributed by atoms with Crippen LogP contribution >= 0.6 is 11.6 Å². The summed E-state index contributed by atoms with van der Waals surface area (Å²) in [5.74, 6) is 0.197. The van der Waals surface area contributed by atoms with E-state index in [1.54, 1.807) is 4.90 Å². The molecule has 0 unspecified atom stereocenters. The molecule has 0 radical (unpaired) electrons. The van der Waals surface area contributed by atoms with E-state index >= 15 is 0 Å². The second-order valence-corrected chi connectivity index (χ2v) is 11.4. The monoisotopic (exact) mass is 541 g/mol. The number of piperazine rings is 1. The van der Waals surface area contributed by atoms with E-state index in [9.17, 15) is 13.2 Å². The maximum Gasteiger partial charge on any atom is 0.243 e. The molecule has 1 aliphatic heterocycles. The van der Waals surface area contributed by atoms with E-state index in [0.29, 0.717) is 38.5 Å². The van der Waals surface area contributed by atoms with Crippen LogP contribution in [0, 0.1) is 0 Å². The zero-order valence-corrected chi connectivity index (χ0v) is 22.7. The molecule has 3 aromatic rings. The maximum atomic E-state index is 13.1. The van der Waals surface area contributed by atoms with Gasteiger partial charge in [0.05, 0.1) is 29.1 Å². The number of carbonyl (C=O) groups is 1. The normalized spacial score (nSPS) is 14.8. The molecule has 1 fully saturated rings. The Balaban J connectivity index is 1.41. The molecule has 1 saturated heterocycles. The number of amides is 1. The molecule has 9 heteroatoms. The van der Waals surface area contributed by atoms with Crippen LogP contribution in [0.25, 0.3) is 0 Å². The van der Waals surface area contributed by atoms with Gasteiger partial charge in [-0.3, -0.25) is 9.69 Å². The van der Waals surface area contributed by atoms with E-state index in [4.69, 9.17) is 16.3 Å². The molecule has 37 heavy (non-hydrogen) atoms. The summed E-state index contributed by atoms with van der Waals surface area (Å²) in [6, 6.07) is 25.1. The van der Waals surface area contributed by atoms with Crippen LogP contribution in [0.2, 0.25) is 5.02 Å². The van der Waals surface area contributed by atoms with Gasteiger partial charge < -0.3 is 9.64 Å². The van der Waals surface area contributed by atoms with Crippen LogP contribution in [-0.2, 0) is 14.8 Å². The van der Waals surface area contributed by atoms with Crippen molar-refractivity contribution in [3.05, 3.63) is 95.0 Å². The summed E-state index contributed by atoms with van der Waals surface area (Å²) in [5.41, 5.74) is 2.40. The topological polar surface area (TPSA) is 70.2 Å². The maximum absolute atomic E-state index is 13.1. The third-order valence-corrected chi connectivity index (χ3v) is 8.63. The largest absolute Gasteiger partial charge is 0.492 e. The van der Waals surface area contributed by atoms with Crippen molar-refractivity contribution in [3.8, 4) is 5.75 Å². The second kappa shape index (κ2) is 12.1. The molecule has 1 aliphatic rings. The standard InChI is InChI=1S/C28H32ClN3O4S/c1-3-36-26-15-14-24(20-25(26)29)37(34,35)30(2)21-27(33)31-16-18-32(19-17-31)28(22-10-6-4-7-11-22)23-12-8-5-9-13-23/h4-15,20,28H,3,16-19,21H2,1-2H3. The van der Waals surface area contributed by atoms with Crippen LogP contribution < -0.4 is 4.74 Å². The molecule has 0 bridgehead atoms. The first-order chi connectivity index (χ1) is 17.8. The van der Waals surface area contributed by atoms with Crippen LogP contribution in [0.5, 0.6) is 5.75 Å². The van der Waals surface area contributed by atoms with Crippen LogP contribution in [-0.4, -0.2) is 74.8 Å². The Bertz CT molecular complexity index is 1260. The van der Waals surface area contributed by atoms with E-state index in [1.807, 2.05) is 43.3 Å². The van der Waals surface area contributed by atoms with Gasteiger partial charge in [0.2, 0.25) is 15.9 Å². The minimum absolute atomic E-state index is 0.0228. The van der Waals surface area contributed by atoms with Crippen molar-refractivity contribution < 1.29 is 17.9 Å². The number of rotatable bonds is 9. The molecule has 4 rings (SSSR count). The highest BCUT2D eigenvalue weighted by Crippen LogP contribution is 2.30. The number of carbonyl (C=O) groups excluding carboxylic acids is 1. The fourth-order valence-corrected chi connectivity index (χ4v) is 6.03. The summed E-state index contributed by atoms with van der Waals surface area (Å²) in [4.78, 5) is 17.2. The molecule has 1 heterocycles. The molecular formula is C28H32ClN3O4S. The Morgan fingerprint density at radius 2 is 1.51 bits per heavy atom. The number of hydrogen-bond donors (Lipinski definition) is 0. The lowest BCUT2D eigenvalue weighted by molar-refractivity contribution is -0.133. The summed E-state index contributed by atoms with van der Waals surface area (Å²) in [5, 5.41) is 0.213. The van der Waals surface area contributed by atoms with Crippen LogP contribution in [0.15, 0.2) is 83.8 Å². The Hall–Kier alpha value is -2.91. The lowest BCUT2D eigenvalue weighted by Gasteiger charge is -2.40. The van der Waals surface area contributed by atoms with Crippen molar-refractivity contribution in [3.63, 3.8) is 0 Å². The smallest absolute Gasteiger partial charge is 0.243 e. The van der Waals surface area contributed by atoms with E-state index in [2.05, 4.69) is 29.2 Å². The highest BCUT2D eigenvalue weighted by atomic mass is 35.5. The second-order valence-electron chi connectivity index (χ2n) is 8.93. The molecule has 1 amide bonds. The number of nitrogens with zero attached hydrogens (tertiary/aromatic N) is 3. The minimum Gasteiger partial charge on any atom is -0.492 e. The molecule has 3 aromatic carbocycles. The van der Waals surface area contributed by atoms with Gasteiger partial charge in [-0.2, -0.15) is 4.31 Å². The number of hydrogen-bond acceptors (Lipinski definition) is 5. The molecule has 0 aliphatic carbocycles. The lowest BCUT2D eigenvalue weighted by atomic mass is 9.96. The molecule has 0 N–H and O–H groups in total. The first-order valence-electron chi connectivity index (χ1n) is 12.3. The SMILES string of the molecule is CCOc1ccc(S(=O)(=O)N(C)CC(=O)N2CCN(C(c3ccccc3)c3ccccc3)CC2)cc1Cl. The average molecular weight is 542 g/mol. The summed E-state index contributed by atoms with van der Waals surface area (Å²) < 4.78 is 32.6. The number of sulfonamides is 1. The van der Waals surface area contributed by atoms with E-state index in [0.717, 1.165) is 4.31 Å². The molecule has 196 valence electrons. The summed E-state index contributed by atoms with van der Waals surface area (Å²) in [6.07, 6.45) is 0. The number of benzene rings is 3. The van der Waals surface area contributed by atoms with Crippen LogP contribution in [0.1, 0.15) is 24.1 Å². The van der Waals surface area contributed by atoms with Crippen molar-refractivity contribution in [2.24, 2.45) is 0 Å². The van der Waals surface area contributed by atoms with Crippen LogP contribution in [0.4, 0.5) is 0 Å². The minimum atomic E-state index is -3.89. The van der Waals surface area contributed by atoms with E-state index in [-0.39, 0.29) is 28.4 Å². The van der Waals surface area contributed by atoms with Gasteiger partial charge in [0.25, 0.3) is 0 Å². The zero-order valence-electron chi connectivity index (χ0n) is 21.1.